The summed E-state index contributed by atoms with van der Waals surface area (Å²) < 4.78 is 3.14. The molecule has 3 aromatic heterocycles. The Morgan fingerprint density at radius 1 is 1.06 bits per heavy atom. The van der Waals surface area contributed by atoms with Crippen LogP contribution >= 0.6 is 0 Å². The molecule has 3 heterocycles. The van der Waals surface area contributed by atoms with E-state index in [1.165, 1.54) is 61.4 Å². The maximum Gasteiger partial charge on any atom is 0.268 e. The van der Waals surface area contributed by atoms with E-state index in [0.29, 0.717) is 17.0 Å². The largest absolute Gasteiger partial charge is 0.364 e. The lowest BCUT2D eigenvalue weighted by atomic mass is 9.49. The summed E-state index contributed by atoms with van der Waals surface area (Å²) in [5.74, 6) is 2.43. The van der Waals surface area contributed by atoms with Gasteiger partial charge in [-0.1, -0.05) is 6.07 Å². The third-order valence-corrected chi connectivity index (χ3v) is 8.20. The van der Waals surface area contributed by atoms with E-state index in [-0.39, 0.29) is 29.0 Å². The van der Waals surface area contributed by atoms with Crippen LogP contribution in [0, 0.1) is 23.2 Å². The monoisotopic (exact) mass is 462 g/mol. The van der Waals surface area contributed by atoms with Gasteiger partial charge in [0.2, 0.25) is 0 Å². The maximum absolute atomic E-state index is 13.2. The van der Waals surface area contributed by atoms with Gasteiger partial charge in [0.05, 0.1) is 12.2 Å². The van der Waals surface area contributed by atoms with Crippen LogP contribution < -0.4 is 10.9 Å². The minimum atomic E-state index is -1.66. The van der Waals surface area contributed by atoms with E-state index in [1.807, 2.05) is 12.1 Å². The fourth-order valence-corrected chi connectivity index (χ4v) is 7.19. The average molecular weight is 463 g/mol. The molecule has 0 aromatic carbocycles. The van der Waals surface area contributed by atoms with Gasteiger partial charge in [0, 0.05) is 30.6 Å². The van der Waals surface area contributed by atoms with Gasteiger partial charge >= 0.3 is 0 Å². The standard InChI is InChI=1S/C26H30N4O4/c31-23-5-4-19(25(33)34)12-29(23)13-20-14-30-21(2-1-3-22(30)28-20)24(32)27-15-26-9-16-6-17(10-26)8-18(7-16)11-26/h1-5,12,14,16-18,25,33-34H,6-11,13,15H2,(H,27,32). The number of pyridine rings is 2. The Morgan fingerprint density at radius 3 is 2.44 bits per heavy atom. The topological polar surface area (TPSA) is 109 Å². The molecule has 8 nitrogen and oxygen atoms in total. The summed E-state index contributed by atoms with van der Waals surface area (Å²) >= 11 is 0. The summed E-state index contributed by atoms with van der Waals surface area (Å²) in [5.41, 5.74) is 1.98. The number of fused-ring (bicyclic) bond motifs is 1. The van der Waals surface area contributed by atoms with E-state index in [4.69, 9.17) is 0 Å². The molecular weight excluding hydrogens is 432 g/mol. The number of carbonyl (C=O) groups excluding carboxylic acids is 1. The number of nitrogens with zero attached hydrogens (tertiary/aromatic N) is 3. The summed E-state index contributed by atoms with van der Waals surface area (Å²) in [5, 5.41) is 22.1. The van der Waals surface area contributed by atoms with E-state index < -0.39 is 6.29 Å². The molecule has 4 aliphatic carbocycles. The molecule has 0 atom stereocenters. The van der Waals surface area contributed by atoms with Gasteiger partial charge in [-0.15, -0.1) is 0 Å². The number of aliphatic hydroxyl groups is 2. The second kappa shape index (κ2) is 8.06. The zero-order chi connectivity index (χ0) is 23.4. The molecule has 0 aliphatic heterocycles. The molecule has 34 heavy (non-hydrogen) atoms. The average Bonchev–Trinajstić information content (AvgIpc) is 3.20. The van der Waals surface area contributed by atoms with Crippen LogP contribution in [0.25, 0.3) is 5.65 Å². The normalized spacial score (nSPS) is 27.6. The predicted molar refractivity (Wildman–Crippen MR) is 125 cm³/mol. The minimum Gasteiger partial charge on any atom is -0.364 e. The fraction of sp³-hybridized carbons (Fsp3) is 0.500. The lowest BCUT2D eigenvalue weighted by molar-refractivity contribution is -0.0503. The van der Waals surface area contributed by atoms with E-state index in [2.05, 4.69) is 10.3 Å². The molecular formula is C26H30N4O4. The molecule has 4 saturated carbocycles. The van der Waals surface area contributed by atoms with E-state index in [9.17, 15) is 19.8 Å². The molecule has 3 N–H and O–H groups in total. The highest BCUT2D eigenvalue weighted by Crippen LogP contribution is 2.59. The molecule has 4 bridgehead atoms. The number of hydrogen-bond acceptors (Lipinski definition) is 5. The quantitative estimate of drug-likeness (QED) is 0.488. The zero-order valence-electron chi connectivity index (χ0n) is 19.1. The number of nitrogens with one attached hydrogen (secondary N) is 1. The van der Waals surface area contributed by atoms with Crippen molar-refractivity contribution in [3.05, 3.63) is 70.0 Å². The van der Waals surface area contributed by atoms with Gasteiger partial charge in [-0.2, -0.15) is 0 Å². The lowest BCUT2D eigenvalue weighted by Gasteiger charge is -2.56. The van der Waals surface area contributed by atoms with Crippen molar-refractivity contribution >= 4 is 11.6 Å². The van der Waals surface area contributed by atoms with Gasteiger partial charge in [-0.3, -0.25) is 14.0 Å². The van der Waals surface area contributed by atoms with Crippen molar-refractivity contribution in [3.8, 4) is 0 Å². The minimum absolute atomic E-state index is 0.104. The van der Waals surface area contributed by atoms with Crippen LogP contribution in [0.5, 0.6) is 0 Å². The number of carbonyl (C=O) groups is 1. The second-order valence-electron chi connectivity index (χ2n) is 10.8. The number of amides is 1. The second-order valence-corrected chi connectivity index (χ2v) is 10.8. The number of rotatable bonds is 6. The van der Waals surface area contributed by atoms with Gasteiger partial charge in [0.1, 0.15) is 11.3 Å². The van der Waals surface area contributed by atoms with Crippen LogP contribution in [-0.2, 0) is 6.54 Å². The van der Waals surface area contributed by atoms with Gasteiger partial charge in [0.15, 0.2) is 6.29 Å². The van der Waals surface area contributed by atoms with Crippen molar-refractivity contribution < 1.29 is 15.0 Å². The smallest absolute Gasteiger partial charge is 0.268 e. The molecule has 0 saturated heterocycles. The first-order valence-electron chi connectivity index (χ1n) is 12.2. The van der Waals surface area contributed by atoms with Crippen molar-refractivity contribution in [2.45, 2.75) is 51.4 Å². The first-order chi connectivity index (χ1) is 16.4. The van der Waals surface area contributed by atoms with Gasteiger partial charge < -0.3 is 20.1 Å². The summed E-state index contributed by atoms with van der Waals surface area (Å²) in [6.45, 7) is 0.897. The van der Waals surface area contributed by atoms with E-state index in [1.54, 1.807) is 16.7 Å². The number of aliphatic hydroxyl groups excluding tert-OH is 1. The molecule has 178 valence electrons. The lowest BCUT2D eigenvalue weighted by Crippen LogP contribution is -2.51. The van der Waals surface area contributed by atoms with Crippen LogP contribution in [-0.4, -0.2) is 36.6 Å². The van der Waals surface area contributed by atoms with Crippen molar-refractivity contribution in [2.75, 3.05) is 6.54 Å². The van der Waals surface area contributed by atoms with Crippen LogP contribution in [0.3, 0.4) is 0 Å². The summed E-state index contributed by atoms with van der Waals surface area (Å²) in [6.07, 6.45) is 9.41. The van der Waals surface area contributed by atoms with Crippen molar-refractivity contribution in [3.63, 3.8) is 0 Å². The van der Waals surface area contributed by atoms with Crippen molar-refractivity contribution in [1.82, 2.24) is 19.3 Å². The highest BCUT2D eigenvalue weighted by Gasteiger charge is 2.50. The predicted octanol–water partition coefficient (Wildman–Crippen LogP) is 2.47. The van der Waals surface area contributed by atoms with Gasteiger partial charge in [0.25, 0.3) is 11.5 Å². The molecule has 0 spiro atoms. The van der Waals surface area contributed by atoms with Crippen molar-refractivity contribution in [1.29, 1.82) is 0 Å². The highest BCUT2D eigenvalue weighted by molar-refractivity contribution is 5.93. The van der Waals surface area contributed by atoms with Crippen LogP contribution in [0.1, 0.15) is 66.6 Å². The molecule has 0 unspecified atom stereocenters. The summed E-state index contributed by atoms with van der Waals surface area (Å²) in [4.78, 5) is 30.0. The molecule has 1 amide bonds. The molecule has 8 heteroatoms. The Hall–Kier alpha value is -2.97. The number of imidazole rings is 1. The first-order valence-corrected chi connectivity index (χ1v) is 12.2. The summed E-state index contributed by atoms with van der Waals surface area (Å²) in [6, 6.07) is 8.13. The molecule has 4 fully saturated rings. The third-order valence-electron chi connectivity index (χ3n) is 8.20. The Bertz CT molecular complexity index is 1270. The third kappa shape index (κ3) is 3.84. The molecule has 7 rings (SSSR count). The fourth-order valence-electron chi connectivity index (χ4n) is 7.19. The van der Waals surface area contributed by atoms with E-state index in [0.717, 1.165) is 24.3 Å². The maximum atomic E-state index is 13.2. The Morgan fingerprint density at radius 2 is 1.76 bits per heavy atom. The van der Waals surface area contributed by atoms with E-state index >= 15 is 0 Å². The van der Waals surface area contributed by atoms with Crippen molar-refractivity contribution in [2.24, 2.45) is 23.2 Å². The number of aromatic nitrogens is 3. The first kappa shape index (κ1) is 21.6. The Labute approximate surface area is 197 Å². The Balaban J connectivity index is 1.21. The molecule has 4 aliphatic rings. The SMILES string of the molecule is O=C(NCC12CC3CC(CC(C3)C1)C2)c1cccc2nc(Cn3cc(C(O)O)ccc3=O)cn12. The molecule has 0 radical (unpaired) electrons. The van der Waals surface area contributed by atoms with Crippen LogP contribution in [0.2, 0.25) is 0 Å². The highest BCUT2D eigenvalue weighted by atomic mass is 16.5. The van der Waals surface area contributed by atoms with Gasteiger partial charge in [-0.05, 0) is 79.9 Å². The zero-order valence-corrected chi connectivity index (χ0v) is 19.1. The Kier molecular flexibility index (Phi) is 5.11. The van der Waals surface area contributed by atoms with Crippen LogP contribution in [0.15, 0.2) is 47.5 Å². The molecule has 3 aromatic rings. The van der Waals surface area contributed by atoms with Gasteiger partial charge in [-0.25, -0.2) is 4.98 Å². The number of hydrogen-bond donors (Lipinski definition) is 3. The summed E-state index contributed by atoms with van der Waals surface area (Å²) in [7, 11) is 0. The van der Waals surface area contributed by atoms with Crippen LogP contribution in [0.4, 0.5) is 0 Å².